The van der Waals surface area contributed by atoms with Gasteiger partial charge in [-0.2, -0.15) is 4.39 Å². The average Bonchev–Trinajstić information content (AvgIpc) is 2.06. The molecule has 0 spiro atoms. The summed E-state index contributed by atoms with van der Waals surface area (Å²) >= 11 is 3.21. The third-order valence-electron chi connectivity index (χ3n) is 1.71. The van der Waals surface area contributed by atoms with Crippen LogP contribution < -0.4 is 0 Å². The first-order valence-corrected chi connectivity index (χ1v) is 4.87. The van der Waals surface area contributed by atoms with Gasteiger partial charge in [-0.25, -0.2) is 4.98 Å². The summed E-state index contributed by atoms with van der Waals surface area (Å²) in [5, 5.41) is 9.02. The molecule has 0 radical (unpaired) electrons. The van der Waals surface area contributed by atoms with Crippen molar-refractivity contribution in [3.8, 4) is 0 Å². The van der Waals surface area contributed by atoms with E-state index in [-0.39, 0.29) is 0 Å². The number of hydrogen-bond acceptors (Lipinski definition) is 2. The Kier molecular flexibility index (Phi) is 3.81. The molecule has 0 aliphatic carbocycles. The van der Waals surface area contributed by atoms with Crippen molar-refractivity contribution in [2.24, 2.45) is 0 Å². The van der Waals surface area contributed by atoms with Gasteiger partial charge in [0, 0.05) is 16.2 Å². The molecular weight excluding hydrogens is 237 g/mol. The van der Waals surface area contributed by atoms with Crippen molar-refractivity contribution >= 4 is 15.9 Å². The van der Waals surface area contributed by atoms with E-state index in [2.05, 4.69) is 20.9 Å². The molecule has 0 fully saturated rings. The van der Waals surface area contributed by atoms with Crippen LogP contribution in [-0.4, -0.2) is 16.2 Å². The SMILES string of the molecule is C[C@H](O)CCc1cc(Br)cnc1F. The van der Waals surface area contributed by atoms with Gasteiger partial charge in [0.15, 0.2) is 0 Å². The van der Waals surface area contributed by atoms with Crippen molar-refractivity contribution in [1.29, 1.82) is 0 Å². The van der Waals surface area contributed by atoms with Gasteiger partial charge < -0.3 is 5.11 Å². The number of aromatic nitrogens is 1. The van der Waals surface area contributed by atoms with Gasteiger partial charge in [-0.15, -0.1) is 0 Å². The molecule has 0 amide bonds. The van der Waals surface area contributed by atoms with Gasteiger partial charge in [-0.05, 0) is 41.8 Å². The maximum absolute atomic E-state index is 13.0. The molecule has 1 atom stereocenters. The van der Waals surface area contributed by atoms with E-state index in [4.69, 9.17) is 5.11 Å². The van der Waals surface area contributed by atoms with Crippen LogP contribution >= 0.6 is 15.9 Å². The summed E-state index contributed by atoms with van der Waals surface area (Å²) in [6.45, 7) is 1.68. The Morgan fingerprint density at radius 1 is 1.69 bits per heavy atom. The number of aliphatic hydroxyl groups is 1. The molecule has 0 aliphatic rings. The Balaban J connectivity index is 2.70. The Hall–Kier alpha value is -0.480. The zero-order valence-electron chi connectivity index (χ0n) is 7.30. The molecule has 1 heterocycles. The minimum Gasteiger partial charge on any atom is -0.393 e. The van der Waals surface area contributed by atoms with Crippen molar-refractivity contribution in [3.63, 3.8) is 0 Å². The van der Waals surface area contributed by atoms with Gasteiger partial charge in [0.25, 0.3) is 0 Å². The molecule has 2 nitrogen and oxygen atoms in total. The minimum atomic E-state index is -0.455. The smallest absolute Gasteiger partial charge is 0.216 e. The van der Waals surface area contributed by atoms with Crippen LogP contribution in [0.4, 0.5) is 4.39 Å². The molecule has 0 aromatic carbocycles. The van der Waals surface area contributed by atoms with Crippen LogP contribution in [0.25, 0.3) is 0 Å². The number of halogens is 2. The molecule has 0 saturated heterocycles. The molecule has 1 N–H and O–H groups in total. The van der Waals surface area contributed by atoms with Crippen LogP contribution in [0.5, 0.6) is 0 Å². The summed E-state index contributed by atoms with van der Waals surface area (Å²) in [7, 11) is 0. The average molecular weight is 248 g/mol. The van der Waals surface area contributed by atoms with Gasteiger partial charge in [0.05, 0.1) is 6.10 Å². The van der Waals surface area contributed by atoms with Crippen molar-refractivity contribution in [2.45, 2.75) is 25.9 Å². The molecule has 4 heteroatoms. The summed E-state index contributed by atoms with van der Waals surface area (Å²) in [6.07, 6.45) is 2.07. The summed E-state index contributed by atoms with van der Waals surface area (Å²) in [4.78, 5) is 3.56. The first kappa shape index (κ1) is 10.6. The van der Waals surface area contributed by atoms with E-state index in [0.29, 0.717) is 18.4 Å². The maximum Gasteiger partial charge on any atom is 0.216 e. The van der Waals surface area contributed by atoms with Gasteiger partial charge in [-0.1, -0.05) is 0 Å². The topological polar surface area (TPSA) is 33.1 Å². The normalized spacial score (nSPS) is 12.9. The fourth-order valence-electron chi connectivity index (χ4n) is 1.00. The van der Waals surface area contributed by atoms with E-state index in [1.54, 1.807) is 13.0 Å². The van der Waals surface area contributed by atoms with E-state index in [9.17, 15) is 4.39 Å². The largest absolute Gasteiger partial charge is 0.393 e. The van der Waals surface area contributed by atoms with E-state index < -0.39 is 12.1 Å². The lowest BCUT2D eigenvalue weighted by Crippen LogP contribution is -2.03. The predicted molar refractivity (Wildman–Crippen MR) is 51.9 cm³/mol. The number of nitrogens with zero attached hydrogens (tertiary/aromatic N) is 1. The fraction of sp³-hybridized carbons (Fsp3) is 0.444. The lowest BCUT2D eigenvalue weighted by molar-refractivity contribution is 0.184. The van der Waals surface area contributed by atoms with Crippen molar-refractivity contribution in [3.05, 3.63) is 28.2 Å². The number of hydrogen-bond donors (Lipinski definition) is 1. The quantitative estimate of drug-likeness (QED) is 0.832. The van der Waals surface area contributed by atoms with E-state index in [1.807, 2.05) is 0 Å². The molecule has 1 aromatic heterocycles. The van der Waals surface area contributed by atoms with E-state index in [0.717, 1.165) is 4.47 Å². The highest BCUT2D eigenvalue weighted by Crippen LogP contribution is 2.14. The van der Waals surface area contributed by atoms with Crippen LogP contribution in [0.15, 0.2) is 16.7 Å². The van der Waals surface area contributed by atoms with Crippen LogP contribution in [0.3, 0.4) is 0 Å². The Morgan fingerprint density at radius 3 is 3.00 bits per heavy atom. The van der Waals surface area contributed by atoms with Crippen LogP contribution in [0.1, 0.15) is 18.9 Å². The predicted octanol–water partition coefficient (Wildman–Crippen LogP) is 2.30. The number of rotatable bonds is 3. The lowest BCUT2D eigenvalue weighted by Gasteiger charge is -2.04. The number of aryl methyl sites for hydroxylation is 1. The lowest BCUT2D eigenvalue weighted by atomic mass is 10.1. The summed E-state index contributed by atoms with van der Waals surface area (Å²) in [5.41, 5.74) is 0.537. The molecule has 1 aromatic rings. The summed E-state index contributed by atoms with van der Waals surface area (Å²) < 4.78 is 13.8. The molecule has 13 heavy (non-hydrogen) atoms. The molecule has 72 valence electrons. The Morgan fingerprint density at radius 2 is 2.38 bits per heavy atom. The second-order valence-corrected chi connectivity index (χ2v) is 3.91. The number of pyridine rings is 1. The Labute approximate surface area is 84.9 Å². The van der Waals surface area contributed by atoms with Crippen LogP contribution in [0.2, 0.25) is 0 Å². The molecular formula is C9H11BrFNO. The highest BCUT2D eigenvalue weighted by Gasteiger charge is 2.05. The standard InChI is InChI=1S/C9H11BrFNO/c1-6(13)2-3-7-4-8(10)5-12-9(7)11/h4-6,13H,2-3H2,1H3/t6-/m0/s1. The number of aliphatic hydroxyl groups excluding tert-OH is 1. The second-order valence-electron chi connectivity index (χ2n) is 2.99. The maximum atomic E-state index is 13.0. The molecule has 0 unspecified atom stereocenters. The van der Waals surface area contributed by atoms with E-state index >= 15 is 0 Å². The van der Waals surface area contributed by atoms with Crippen LogP contribution in [0, 0.1) is 5.95 Å². The zero-order chi connectivity index (χ0) is 9.84. The molecule has 1 rings (SSSR count). The van der Waals surface area contributed by atoms with Crippen molar-refractivity contribution in [2.75, 3.05) is 0 Å². The van der Waals surface area contributed by atoms with Gasteiger partial charge in [0.1, 0.15) is 0 Å². The molecule has 0 bridgehead atoms. The van der Waals surface area contributed by atoms with Crippen molar-refractivity contribution < 1.29 is 9.50 Å². The summed E-state index contributed by atoms with van der Waals surface area (Å²) in [5.74, 6) is -0.455. The highest BCUT2D eigenvalue weighted by molar-refractivity contribution is 9.10. The first-order valence-electron chi connectivity index (χ1n) is 4.07. The molecule has 0 aliphatic heterocycles. The highest BCUT2D eigenvalue weighted by atomic mass is 79.9. The summed E-state index contributed by atoms with van der Waals surface area (Å²) in [6, 6.07) is 1.69. The first-order chi connectivity index (χ1) is 6.09. The third-order valence-corrected chi connectivity index (χ3v) is 2.14. The van der Waals surface area contributed by atoms with Gasteiger partial charge in [-0.3, -0.25) is 0 Å². The Bertz CT molecular complexity index is 291. The van der Waals surface area contributed by atoms with E-state index in [1.165, 1.54) is 6.20 Å². The van der Waals surface area contributed by atoms with Crippen molar-refractivity contribution in [1.82, 2.24) is 4.98 Å². The monoisotopic (exact) mass is 247 g/mol. The van der Waals surface area contributed by atoms with Gasteiger partial charge >= 0.3 is 0 Å². The third kappa shape index (κ3) is 3.40. The molecule has 0 saturated carbocycles. The second kappa shape index (κ2) is 4.67. The fourth-order valence-corrected chi connectivity index (χ4v) is 1.38. The minimum absolute atomic E-state index is 0.404. The van der Waals surface area contributed by atoms with Gasteiger partial charge in [0.2, 0.25) is 5.95 Å². The zero-order valence-corrected chi connectivity index (χ0v) is 8.88. The van der Waals surface area contributed by atoms with Crippen LogP contribution in [-0.2, 0) is 6.42 Å².